The lowest BCUT2D eigenvalue weighted by Crippen LogP contribution is -2.59. The Morgan fingerprint density at radius 3 is 1.65 bits per heavy atom. The summed E-state index contributed by atoms with van der Waals surface area (Å²) in [7, 11) is 2.43. The second kappa shape index (κ2) is 5.27. The molecule has 1 N–H and O–H groups in total. The van der Waals surface area contributed by atoms with Gasteiger partial charge in [-0.05, 0) is 13.8 Å². The number of methoxy groups -OCH3 is 2. The van der Waals surface area contributed by atoms with Crippen molar-refractivity contribution in [3.63, 3.8) is 0 Å². The number of hydrogen-bond acceptors (Lipinski definition) is 6. The normalized spacial score (nSPS) is 33.1. The first-order chi connectivity index (χ1) is 7.93. The topological polar surface area (TPSA) is 81.7 Å². The van der Waals surface area contributed by atoms with Crippen LogP contribution in [0.25, 0.3) is 0 Å². The number of ketones is 1. The largest absolute Gasteiger partial charge is 0.468 e. The van der Waals surface area contributed by atoms with Crippen LogP contribution >= 0.6 is 0 Å². The van der Waals surface area contributed by atoms with E-state index in [2.05, 4.69) is 14.8 Å². The van der Waals surface area contributed by atoms with E-state index in [9.17, 15) is 14.4 Å². The molecule has 4 atom stereocenters. The molecule has 6 nitrogen and oxygen atoms in total. The molecule has 1 heterocycles. The Balaban J connectivity index is 2.99. The Hall–Kier alpha value is -1.43. The van der Waals surface area contributed by atoms with Crippen molar-refractivity contribution in [3.05, 3.63) is 0 Å². The van der Waals surface area contributed by atoms with Crippen LogP contribution in [0, 0.1) is 11.8 Å². The fourth-order valence-electron chi connectivity index (χ4n) is 2.19. The zero-order valence-corrected chi connectivity index (χ0v) is 10.4. The molecule has 1 aliphatic rings. The summed E-state index contributed by atoms with van der Waals surface area (Å²) < 4.78 is 9.15. The second-order valence-electron chi connectivity index (χ2n) is 4.15. The van der Waals surface area contributed by atoms with Gasteiger partial charge in [0.2, 0.25) is 0 Å². The van der Waals surface area contributed by atoms with E-state index in [0.29, 0.717) is 0 Å². The summed E-state index contributed by atoms with van der Waals surface area (Å²) in [5, 5.41) is 3.02. The van der Waals surface area contributed by atoms with E-state index in [-0.39, 0.29) is 12.1 Å². The number of nitrogens with one attached hydrogen (secondary N) is 1. The number of ether oxygens (including phenoxy) is 2. The van der Waals surface area contributed by atoms with Gasteiger partial charge in [0.15, 0.2) is 5.78 Å². The van der Waals surface area contributed by atoms with Gasteiger partial charge < -0.3 is 14.8 Å². The zero-order valence-electron chi connectivity index (χ0n) is 10.4. The molecule has 1 rings (SSSR count). The summed E-state index contributed by atoms with van der Waals surface area (Å²) in [6.07, 6.45) is 0. The van der Waals surface area contributed by atoms with Crippen LogP contribution in [0.5, 0.6) is 0 Å². The highest BCUT2D eigenvalue weighted by Gasteiger charge is 2.48. The minimum atomic E-state index is -0.958. The molecule has 0 aliphatic carbocycles. The quantitative estimate of drug-likeness (QED) is 0.521. The predicted molar refractivity (Wildman–Crippen MR) is 58.1 cm³/mol. The fourth-order valence-corrected chi connectivity index (χ4v) is 2.19. The summed E-state index contributed by atoms with van der Waals surface area (Å²) in [6, 6.07) is -0.711. The van der Waals surface area contributed by atoms with Crippen LogP contribution < -0.4 is 5.32 Å². The molecule has 0 aromatic rings. The van der Waals surface area contributed by atoms with E-state index in [1.807, 2.05) is 0 Å². The highest BCUT2D eigenvalue weighted by atomic mass is 16.5. The van der Waals surface area contributed by atoms with Gasteiger partial charge >= 0.3 is 11.9 Å². The van der Waals surface area contributed by atoms with Gasteiger partial charge in [0.1, 0.15) is 11.8 Å². The van der Waals surface area contributed by atoms with Crippen LogP contribution in [-0.4, -0.2) is 44.0 Å². The molecule has 1 fully saturated rings. The minimum absolute atomic E-state index is 0.356. The van der Waals surface area contributed by atoms with Crippen LogP contribution in [0.15, 0.2) is 0 Å². The molecule has 1 saturated heterocycles. The van der Waals surface area contributed by atoms with Gasteiger partial charge in [-0.15, -0.1) is 0 Å². The molecule has 17 heavy (non-hydrogen) atoms. The van der Waals surface area contributed by atoms with Crippen LogP contribution in [-0.2, 0) is 23.9 Å². The number of carbonyl (C=O) groups excluding carboxylic acids is 3. The van der Waals surface area contributed by atoms with Crippen molar-refractivity contribution < 1.29 is 23.9 Å². The van der Waals surface area contributed by atoms with Crippen LogP contribution in [0.4, 0.5) is 0 Å². The molecule has 0 bridgehead atoms. The van der Waals surface area contributed by atoms with Crippen molar-refractivity contribution in [2.45, 2.75) is 25.9 Å². The SMILES string of the molecule is COC(=O)[C@H]1C(=O)[C@@H](C(=O)OC)[C@@H](C)N[C@H]1C. The van der Waals surface area contributed by atoms with E-state index in [1.54, 1.807) is 13.8 Å². The summed E-state index contributed by atoms with van der Waals surface area (Å²) in [4.78, 5) is 35.1. The molecular formula is C11H17NO5. The van der Waals surface area contributed by atoms with E-state index >= 15 is 0 Å². The van der Waals surface area contributed by atoms with Gasteiger partial charge in [0.05, 0.1) is 14.2 Å². The van der Waals surface area contributed by atoms with E-state index in [0.717, 1.165) is 0 Å². The third-order valence-electron chi connectivity index (χ3n) is 3.05. The molecular weight excluding hydrogens is 226 g/mol. The van der Waals surface area contributed by atoms with Gasteiger partial charge in [-0.1, -0.05) is 0 Å². The van der Waals surface area contributed by atoms with E-state index < -0.39 is 29.6 Å². The highest BCUT2D eigenvalue weighted by Crippen LogP contribution is 2.24. The van der Waals surface area contributed by atoms with Crippen molar-refractivity contribution in [2.24, 2.45) is 11.8 Å². The monoisotopic (exact) mass is 243 g/mol. The van der Waals surface area contributed by atoms with Crippen LogP contribution in [0.1, 0.15) is 13.8 Å². The van der Waals surface area contributed by atoms with Crippen molar-refractivity contribution in [1.82, 2.24) is 5.32 Å². The standard InChI is InChI=1S/C11H17NO5/c1-5-7(10(14)16-3)9(13)8(6(2)12-5)11(15)17-4/h5-8,12H,1-4H3/t5-,6+,7+,8-. The smallest absolute Gasteiger partial charge is 0.317 e. The molecule has 1 aliphatic heterocycles. The lowest BCUT2D eigenvalue weighted by Gasteiger charge is -2.35. The van der Waals surface area contributed by atoms with E-state index in [1.165, 1.54) is 14.2 Å². The maximum absolute atomic E-state index is 12.1. The number of hydrogen-bond donors (Lipinski definition) is 1. The molecule has 0 radical (unpaired) electrons. The zero-order chi connectivity index (χ0) is 13.2. The van der Waals surface area contributed by atoms with Gasteiger partial charge in [-0.2, -0.15) is 0 Å². The van der Waals surface area contributed by atoms with Crippen molar-refractivity contribution in [1.29, 1.82) is 0 Å². The predicted octanol–water partition coefficient (Wildman–Crippen LogP) is -0.486. The number of Topliss-reactive ketones (excluding diaryl/α,β-unsaturated/α-hetero) is 1. The Labute approximate surface area is 99.6 Å². The Kier molecular flexibility index (Phi) is 4.22. The number of esters is 2. The molecule has 0 aromatic carbocycles. The number of piperidine rings is 1. The van der Waals surface area contributed by atoms with Crippen molar-refractivity contribution in [3.8, 4) is 0 Å². The first-order valence-corrected chi connectivity index (χ1v) is 5.39. The summed E-state index contributed by atoms with van der Waals surface area (Å²) in [6.45, 7) is 3.42. The summed E-state index contributed by atoms with van der Waals surface area (Å²) in [5.41, 5.74) is 0. The lowest BCUT2D eigenvalue weighted by atomic mass is 9.79. The van der Waals surface area contributed by atoms with Gasteiger partial charge in [-0.3, -0.25) is 14.4 Å². The number of carbonyl (C=O) groups is 3. The Morgan fingerprint density at radius 1 is 1.00 bits per heavy atom. The number of rotatable bonds is 2. The first-order valence-electron chi connectivity index (χ1n) is 5.39. The maximum atomic E-state index is 12.1. The van der Waals surface area contributed by atoms with Gasteiger partial charge in [0.25, 0.3) is 0 Å². The maximum Gasteiger partial charge on any atom is 0.317 e. The molecule has 96 valence electrons. The third-order valence-corrected chi connectivity index (χ3v) is 3.05. The summed E-state index contributed by atoms with van der Waals surface area (Å²) >= 11 is 0. The average Bonchev–Trinajstić information content (AvgIpc) is 2.27. The summed E-state index contributed by atoms with van der Waals surface area (Å²) in [5.74, 6) is -3.62. The first kappa shape index (κ1) is 13.6. The lowest BCUT2D eigenvalue weighted by molar-refractivity contribution is -0.159. The molecule has 0 saturated carbocycles. The van der Waals surface area contributed by atoms with Gasteiger partial charge in [0, 0.05) is 12.1 Å². The van der Waals surface area contributed by atoms with Crippen molar-refractivity contribution >= 4 is 17.7 Å². The molecule has 0 amide bonds. The van der Waals surface area contributed by atoms with Crippen LogP contribution in [0.3, 0.4) is 0 Å². The Morgan fingerprint density at radius 2 is 1.35 bits per heavy atom. The molecule has 0 aromatic heterocycles. The highest BCUT2D eigenvalue weighted by molar-refractivity contribution is 6.10. The van der Waals surface area contributed by atoms with Gasteiger partial charge in [-0.25, -0.2) is 0 Å². The van der Waals surface area contributed by atoms with E-state index in [4.69, 9.17) is 0 Å². The molecule has 0 spiro atoms. The van der Waals surface area contributed by atoms with Crippen molar-refractivity contribution in [2.75, 3.05) is 14.2 Å². The minimum Gasteiger partial charge on any atom is -0.468 e. The molecule has 0 unspecified atom stereocenters. The fraction of sp³-hybridized carbons (Fsp3) is 0.727. The second-order valence-corrected chi connectivity index (χ2v) is 4.15. The Bertz CT molecular complexity index is 311. The average molecular weight is 243 g/mol. The third kappa shape index (κ3) is 2.46. The molecule has 6 heteroatoms. The van der Waals surface area contributed by atoms with Crippen LogP contribution in [0.2, 0.25) is 0 Å².